The highest BCUT2D eigenvalue weighted by atomic mass is 16.4. The Kier molecular flexibility index (Phi) is 13.0. The van der Waals surface area contributed by atoms with Gasteiger partial charge in [-0.05, 0) is 7.05 Å². The van der Waals surface area contributed by atoms with Crippen molar-refractivity contribution in [3.8, 4) is 0 Å². The molecule has 6 heteroatoms. The van der Waals surface area contributed by atoms with Gasteiger partial charge < -0.3 is 15.4 Å². The summed E-state index contributed by atoms with van der Waals surface area (Å²) >= 11 is 0. The van der Waals surface area contributed by atoms with Crippen LogP contribution in [0.4, 0.5) is 0 Å². The monoisotopic (exact) mass is 177 g/mol. The van der Waals surface area contributed by atoms with Crippen molar-refractivity contribution >= 4 is 7.12 Å². The molecule has 5 N–H and O–H groups in total. The van der Waals surface area contributed by atoms with Crippen LogP contribution in [-0.4, -0.2) is 48.8 Å². The van der Waals surface area contributed by atoms with Crippen LogP contribution in [0.2, 0.25) is 0 Å². The van der Waals surface area contributed by atoms with Gasteiger partial charge in [0.2, 0.25) is 0 Å². The van der Waals surface area contributed by atoms with Crippen LogP contribution in [0.15, 0.2) is 0 Å². The molecule has 0 amide bonds. The molecule has 0 spiro atoms. The van der Waals surface area contributed by atoms with Gasteiger partial charge in [0, 0.05) is 19.5 Å². The zero-order chi connectivity index (χ0) is 9.98. The Hall–Kier alpha value is -0.135. The molecule has 0 aromatic heterocycles. The molecule has 0 rings (SSSR count). The summed E-state index contributed by atoms with van der Waals surface area (Å²) in [6.07, 6.45) is 0.0850. The maximum atomic E-state index is 8.44. The Morgan fingerprint density at radius 3 is 2.25 bits per heavy atom. The van der Waals surface area contributed by atoms with Gasteiger partial charge >= 0.3 is 7.12 Å². The van der Waals surface area contributed by atoms with E-state index in [4.69, 9.17) is 15.9 Å². The molecule has 0 bridgehead atoms. The average Bonchev–Trinajstić information content (AvgIpc) is 2.03. The number of nitrogens with zero attached hydrogens (tertiary/aromatic N) is 1. The predicted octanol–water partition coefficient (Wildman–Crippen LogP) is -1.58. The lowest BCUT2D eigenvalue weighted by atomic mass is 9.92. The molecular weight excluding hydrogens is 157 g/mol. The maximum absolute atomic E-state index is 8.44. The van der Waals surface area contributed by atoms with Gasteiger partial charge in [-0.3, -0.25) is 5.84 Å². The summed E-state index contributed by atoms with van der Waals surface area (Å²) in [6, 6.07) is 0. The number of nitrogens with one attached hydrogen (secondary N) is 1. The van der Waals surface area contributed by atoms with E-state index in [1.165, 1.54) is 5.01 Å². The lowest BCUT2D eigenvalue weighted by Gasteiger charge is -2.14. The van der Waals surface area contributed by atoms with Gasteiger partial charge in [-0.15, -0.1) is 0 Å². The molecule has 0 aliphatic rings. The number of hydrazine groups is 1. The minimum Gasteiger partial charge on any atom is -0.426 e. The van der Waals surface area contributed by atoms with Gasteiger partial charge in [0.15, 0.2) is 0 Å². The minimum absolute atomic E-state index is 0.0850. The first-order valence-corrected chi connectivity index (χ1v) is 4.17. The number of rotatable bonds is 5. The zero-order valence-corrected chi connectivity index (χ0v) is 8.12. The summed E-state index contributed by atoms with van der Waals surface area (Å²) < 4.78 is 0. The molecule has 0 saturated heterocycles. The fourth-order valence-corrected chi connectivity index (χ4v) is 0.556. The van der Waals surface area contributed by atoms with Gasteiger partial charge in [0.25, 0.3) is 0 Å². The van der Waals surface area contributed by atoms with Crippen LogP contribution in [-0.2, 0) is 0 Å². The molecule has 12 heavy (non-hydrogen) atoms. The highest BCUT2D eigenvalue weighted by Gasteiger charge is 2.09. The SMILES string of the molecule is CC.CNCCN(N)CB(O)O. The molecule has 0 aliphatic heterocycles. The molecule has 0 unspecified atom stereocenters. The van der Waals surface area contributed by atoms with Crippen LogP contribution < -0.4 is 11.2 Å². The summed E-state index contributed by atoms with van der Waals surface area (Å²) in [5.41, 5.74) is 0. The maximum Gasteiger partial charge on any atom is 0.468 e. The highest BCUT2D eigenvalue weighted by molar-refractivity contribution is 6.41. The zero-order valence-electron chi connectivity index (χ0n) is 8.12. The van der Waals surface area contributed by atoms with Crippen LogP contribution in [0.5, 0.6) is 0 Å². The van der Waals surface area contributed by atoms with Crippen LogP contribution in [0.3, 0.4) is 0 Å². The van der Waals surface area contributed by atoms with Gasteiger partial charge in [-0.1, -0.05) is 13.8 Å². The summed E-state index contributed by atoms with van der Waals surface area (Å²) in [5, 5.41) is 21.1. The molecular formula is C6H20BN3O2. The largest absolute Gasteiger partial charge is 0.468 e. The second-order valence-corrected chi connectivity index (χ2v) is 2.08. The van der Waals surface area contributed by atoms with E-state index >= 15 is 0 Å². The summed E-state index contributed by atoms with van der Waals surface area (Å²) in [4.78, 5) is 0. The van der Waals surface area contributed by atoms with Crippen molar-refractivity contribution in [2.75, 3.05) is 26.6 Å². The van der Waals surface area contributed by atoms with Crippen molar-refractivity contribution in [2.45, 2.75) is 13.8 Å². The Balaban J connectivity index is 0. The second kappa shape index (κ2) is 10.9. The van der Waals surface area contributed by atoms with Crippen molar-refractivity contribution in [3.05, 3.63) is 0 Å². The van der Waals surface area contributed by atoms with Crippen molar-refractivity contribution in [3.63, 3.8) is 0 Å². The smallest absolute Gasteiger partial charge is 0.426 e. The lowest BCUT2D eigenvalue weighted by Crippen LogP contribution is -2.43. The third-order valence-corrected chi connectivity index (χ3v) is 1.05. The fraction of sp³-hybridized carbons (Fsp3) is 1.00. The molecule has 0 atom stereocenters. The van der Waals surface area contributed by atoms with Crippen LogP contribution in [0, 0.1) is 0 Å². The van der Waals surface area contributed by atoms with Gasteiger partial charge in [0.05, 0.1) is 0 Å². The molecule has 0 aliphatic carbocycles. The van der Waals surface area contributed by atoms with Crippen molar-refractivity contribution in [2.24, 2.45) is 5.84 Å². The predicted molar refractivity (Wildman–Crippen MR) is 51.2 cm³/mol. The number of nitrogens with two attached hydrogens (primary N) is 1. The summed E-state index contributed by atoms with van der Waals surface area (Å²) in [5.74, 6) is 5.33. The first kappa shape index (κ1) is 14.4. The molecule has 0 heterocycles. The van der Waals surface area contributed by atoms with E-state index in [1.807, 2.05) is 20.9 Å². The van der Waals surface area contributed by atoms with E-state index in [0.29, 0.717) is 6.54 Å². The summed E-state index contributed by atoms with van der Waals surface area (Å²) in [7, 11) is 0.463. The topological polar surface area (TPSA) is 81.8 Å². The van der Waals surface area contributed by atoms with Crippen molar-refractivity contribution in [1.82, 2.24) is 10.3 Å². The van der Waals surface area contributed by atoms with E-state index in [2.05, 4.69) is 5.32 Å². The minimum atomic E-state index is -1.35. The molecule has 0 radical (unpaired) electrons. The summed E-state index contributed by atoms with van der Waals surface area (Å²) in [6.45, 7) is 5.34. The number of likely N-dealkylation sites (N-methyl/N-ethyl adjacent to an activating group) is 1. The Morgan fingerprint density at radius 2 is 1.92 bits per heavy atom. The van der Waals surface area contributed by atoms with E-state index in [-0.39, 0.29) is 6.44 Å². The Morgan fingerprint density at radius 1 is 1.42 bits per heavy atom. The Bertz CT molecular complexity index is 85.2. The van der Waals surface area contributed by atoms with Crippen LogP contribution in [0.1, 0.15) is 13.8 Å². The average molecular weight is 177 g/mol. The number of hydrogen-bond acceptors (Lipinski definition) is 5. The van der Waals surface area contributed by atoms with Crippen molar-refractivity contribution < 1.29 is 10.0 Å². The first-order chi connectivity index (χ1) is 5.66. The van der Waals surface area contributed by atoms with Gasteiger partial charge in [-0.25, -0.2) is 5.01 Å². The van der Waals surface area contributed by atoms with Crippen LogP contribution >= 0.6 is 0 Å². The normalized spacial score (nSPS) is 9.25. The number of hydrogen-bond donors (Lipinski definition) is 4. The third-order valence-electron chi connectivity index (χ3n) is 1.05. The van der Waals surface area contributed by atoms with E-state index in [9.17, 15) is 0 Å². The molecule has 74 valence electrons. The van der Waals surface area contributed by atoms with Crippen molar-refractivity contribution in [1.29, 1.82) is 0 Å². The lowest BCUT2D eigenvalue weighted by molar-refractivity contribution is 0.286. The fourth-order valence-electron chi connectivity index (χ4n) is 0.556. The highest BCUT2D eigenvalue weighted by Crippen LogP contribution is 1.76. The van der Waals surface area contributed by atoms with E-state index < -0.39 is 7.12 Å². The Labute approximate surface area is 74.7 Å². The van der Waals surface area contributed by atoms with E-state index in [1.54, 1.807) is 0 Å². The van der Waals surface area contributed by atoms with Gasteiger partial charge in [0.1, 0.15) is 0 Å². The molecule has 0 aromatic carbocycles. The quantitative estimate of drug-likeness (QED) is 0.231. The van der Waals surface area contributed by atoms with Gasteiger partial charge in [-0.2, -0.15) is 0 Å². The molecule has 5 nitrogen and oxygen atoms in total. The van der Waals surface area contributed by atoms with E-state index in [0.717, 1.165) is 6.54 Å². The molecule has 0 fully saturated rings. The standard InChI is InChI=1S/C4H14BN3O2.C2H6/c1-7-2-3-8(6)4-5(9)10;1-2/h7,9-10H,2-4,6H2,1H3;1-2H3. The third kappa shape index (κ3) is 12.5. The first-order valence-electron chi connectivity index (χ1n) is 4.17. The molecule has 0 saturated carbocycles. The second-order valence-electron chi connectivity index (χ2n) is 2.08. The van der Waals surface area contributed by atoms with Crippen LogP contribution in [0.25, 0.3) is 0 Å². The molecule has 0 aromatic rings.